The second kappa shape index (κ2) is 7.92. The minimum atomic E-state index is -3.74. The van der Waals surface area contributed by atoms with Crippen LogP contribution in [0.1, 0.15) is 27.7 Å². The van der Waals surface area contributed by atoms with E-state index in [4.69, 9.17) is 14.6 Å². The number of hydrogen-bond donors (Lipinski definition) is 1. The van der Waals surface area contributed by atoms with E-state index in [1.807, 2.05) is 12.1 Å². The standard InChI is InChI=1S/C20H16BrF2NO4S2/c1-10-6-14-18(15(7-10)28-20(22)23)12-3-2-11(9-30(24,25)26)8-13(12)19(27-14)16-4-5-17(21)29-16/h2-8,19-20H,9H2,1H3,(H2,24,25,26). The van der Waals surface area contributed by atoms with Crippen LogP contribution < -0.4 is 14.6 Å². The van der Waals surface area contributed by atoms with Crippen LogP contribution >= 0.6 is 27.3 Å². The first kappa shape index (κ1) is 21.2. The van der Waals surface area contributed by atoms with E-state index in [0.717, 1.165) is 8.66 Å². The molecule has 30 heavy (non-hydrogen) atoms. The van der Waals surface area contributed by atoms with Crippen LogP contribution in [0.4, 0.5) is 8.78 Å². The fraction of sp³-hybridized carbons (Fsp3) is 0.200. The van der Waals surface area contributed by atoms with Crippen LogP contribution in [-0.2, 0) is 15.8 Å². The van der Waals surface area contributed by atoms with Crippen molar-refractivity contribution in [3.05, 3.63) is 67.8 Å². The van der Waals surface area contributed by atoms with Crippen LogP contribution in [0.15, 0.2) is 46.3 Å². The summed E-state index contributed by atoms with van der Waals surface area (Å²) in [7, 11) is -3.74. The number of rotatable bonds is 5. The van der Waals surface area contributed by atoms with Gasteiger partial charge in [-0.3, -0.25) is 0 Å². The van der Waals surface area contributed by atoms with E-state index in [1.54, 1.807) is 31.2 Å². The lowest BCUT2D eigenvalue weighted by atomic mass is 9.89. The van der Waals surface area contributed by atoms with E-state index >= 15 is 0 Å². The maximum absolute atomic E-state index is 13.0. The van der Waals surface area contributed by atoms with Crippen LogP contribution in [0.3, 0.4) is 0 Å². The second-order valence-corrected chi connectivity index (χ2v) is 11.0. The monoisotopic (exact) mass is 515 g/mol. The highest BCUT2D eigenvalue weighted by molar-refractivity contribution is 9.11. The number of ether oxygens (including phenoxy) is 2. The summed E-state index contributed by atoms with van der Waals surface area (Å²) < 4.78 is 61.1. The molecule has 0 bridgehead atoms. The van der Waals surface area contributed by atoms with Gasteiger partial charge in [-0.25, -0.2) is 13.6 Å². The van der Waals surface area contributed by atoms with Gasteiger partial charge >= 0.3 is 6.61 Å². The molecular formula is C20H16BrF2NO4S2. The Balaban J connectivity index is 1.93. The highest BCUT2D eigenvalue weighted by Gasteiger charge is 2.32. The molecule has 3 aromatic rings. The Morgan fingerprint density at radius 1 is 1.23 bits per heavy atom. The van der Waals surface area contributed by atoms with Crippen molar-refractivity contribution in [3.8, 4) is 22.6 Å². The van der Waals surface area contributed by atoms with Gasteiger partial charge in [0.1, 0.15) is 11.5 Å². The van der Waals surface area contributed by atoms with E-state index in [-0.39, 0.29) is 11.5 Å². The van der Waals surface area contributed by atoms with Crippen LogP contribution in [0.2, 0.25) is 0 Å². The largest absolute Gasteiger partial charge is 0.479 e. The normalized spacial score (nSPS) is 15.5. The number of thiophene rings is 1. The zero-order chi connectivity index (χ0) is 21.6. The summed E-state index contributed by atoms with van der Waals surface area (Å²) in [5.41, 5.74) is 2.89. The summed E-state index contributed by atoms with van der Waals surface area (Å²) in [6, 6.07) is 12.1. The van der Waals surface area contributed by atoms with Gasteiger partial charge in [-0.1, -0.05) is 18.2 Å². The topological polar surface area (TPSA) is 78.6 Å². The van der Waals surface area contributed by atoms with Crippen molar-refractivity contribution in [3.63, 3.8) is 0 Å². The molecule has 4 rings (SSSR count). The van der Waals surface area contributed by atoms with Gasteiger partial charge in [0.05, 0.1) is 20.0 Å². The van der Waals surface area contributed by atoms with Crippen molar-refractivity contribution in [2.24, 2.45) is 5.14 Å². The van der Waals surface area contributed by atoms with Gasteiger partial charge in [-0.05, 0) is 63.8 Å². The molecule has 0 fully saturated rings. The zero-order valence-electron chi connectivity index (χ0n) is 15.6. The Morgan fingerprint density at radius 3 is 2.63 bits per heavy atom. The van der Waals surface area contributed by atoms with Crippen molar-refractivity contribution in [1.29, 1.82) is 0 Å². The molecule has 158 valence electrons. The lowest BCUT2D eigenvalue weighted by Gasteiger charge is -2.30. The summed E-state index contributed by atoms with van der Waals surface area (Å²) in [6.07, 6.45) is -0.537. The van der Waals surface area contributed by atoms with Crippen LogP contribution in [0.5, 0.6) is 11.5 Å². The smallest absolute Gasteiger partial charge is 0.387 e. The van der Waals surface area contributed by atoms with Crippen LogP contribution in [0.25, 0.3) is 11.1 Å². The lowest BCUT2D eigenvalue weighted by Crippen LogP contribution is -2.18. The number of benzene rings is 2. The van der Waals surface area contributed by atoms with Crippen molar-refractivity contribution < 1.29 is 26.7 Å². The molecule has 1 atom stereocenters. The number of alkyl halides is 2. The number of halogens is 3. The van der Waals surface area contributed by atoms with E-state index in [1.165, 1.54) is 17.4 Å². The molecule has 5 nitrogen and oxygen atoms in total. The van der Waals surface area contributed by atoms with Crippen molar-refractivity contribution in [1.82, 2.24) is 0 Å². The predicted molar refractivity (Wildman–Crippen MR) is 115 cm³/mol. The van der Waals surface area contributed by atoms with Crippen molar-refractivity contribution in [2.75, 3.05) is 0 Å². The first-order valence-electron chi connectivity index (χ1n) is 8.76. The van der Waals surface area contributed by atoms with E-state index in [2.05, 4.69) is 15.9 Å². The molecule has 0 spiro atoms. The summed E-state index contributed by atoms with van der Waals surface area (Å²) in [5, 5.41) is 5.20. The van der Waals surface area contributed by atoms with Crippen molar-refractivity contribution >= 4 is 37.3 Å². The number of hydrogen-bond acceptors (Lipinski definition) is 5. The molecule has 1 aliphatic heterocycles. The fourth-order valence-corrected chi connectivity index (χ4v) is 5.63. The maximum atomic E-state index is 13.0. The second-order valence-electron chi connectivity index (χ2n) is 6.88. The Labute approximate surface area is 184 Å². The average Bonchev–Trinajstić information content (AvgIpc) is 3.04. The minimum absolute atomic E-state index is 0.00579. The molecule has 10 heteroatoms. The quantitative estimate of drug-likeness (QED) is 0.496. The molecule has 0 aliphatic carbocycles. The summed E-state index contributed by atoms with van der Waals surface area (Å²) in [5.74, 6) is 0.0839. The maximum Gasteiger partial charge on any atom is 0.387 e. The highest BCUT2D eigenvalue weighted by atomic mass is 79.9. The predicted octanol–water partition coefficient (Wildman–Crippen LogP) is 5.36. The van der Waals surface area contributed by atoms with Gasteiger partial charge in [0.15, 0.2) is 6.10 Å². The zero-order valence-corrected chi connectivity index (χ0v) is 18.8. The Morgan fingerprint density at radius 2 is 2.00 bits per heavy atom. The Kier molecular flexibility index (Phi) is 5.60. The fourth-order valence-electron chi connectivity index (χ4n) is 3.52. The van der Waals surface area contributed by atoms with E-state index in [9.17, 15) is 17.2 Å². The molecule has 0 amide bonds. The van der Waals surface area contributed by atoms with Gasteiger partial charge in [0.25, 0.3) is 0 Å². The molecule has 1 aromatic heterocycles. The number of fused-ring (bicyclic) bond motifs is 3. The third-order valence-electron chi connectivity index (χ3n) is 4.56. The average molecular weight is 516 g/mol. The Hall–Kier alpha value is -2.01. The number of primary sulfonamides is 1. The van der Waals surface area contributed by atoms with Gasteiger partial charge in [-0.2, -0.15) is 8.78 Å². The number of nitrogens with two attached hydrogens (primary N) is 1. The molecule has 1 aliphatic rings. The third-order valence-corrected chi connectivity index (χ3v) is 6.96. The molecule has 2 aromatic carbocycles. The molecule has 1 unspecified atom stereocenters. The highest BCUT2D eigenvalue weighted by Crippen LogP contribution is 2.51. The molecular weight excluding hydrogens is 500 g/mol. The number of sulfonamides is 1. The van der Waals surface area contributed by atoms with Gasteiger partial charge < -0.3 is 9.47 Å². The molecule has 0 saturated heterocycles. The molecule has 0 saturated carbocycles. The van der Waals surface area contributed by atoms with E-state index < -0.39 is 22.7 Å². The SMILES string of the molecule is Cc1cc(OC(F)F)c2c(c1)OC(c1ccc(Br)s1)c1cc(CS(N)(=O)=O)ccc1-2. The van der Waals surface area contributed by atoms with Crippen molar-refractivity contribution in [2.45, 2.75) is 25.4 Å². The Bertz CT molecular complexity index is 1230. The van der Waals surface area contributed by atoms with Gasteiger partial charge in [0.2, 0.25) is 10.0 Å². The van der Waals surface area contributed by atoms with E-state index in [0.29, 0.717) is 33.6 Å². The van der Waals surface area contributed by atoms with Gasteiger partial charge in [0, 0.05) is 5.56 Å². The minimum Gasteiger partial charge on any atom is -0.479 e. The molecule has 2 N–H and O–H groups in total. The summed E-state index contributed by atoms with van der Waals surface area (Å²) in [6.45, 7) is -1.23. The van der Waals surface area contributed by atoms with Crippen LogP contribution in [0, 0.1) is 6.92 Å². The number of aryl methyl sites for hydroxylation is 1. The molecule has 2 heterocycles. The summed E-state index contributed by atoms with van der Waals surface area (Å²) >= 11 is 4.91. The first-order valence-corrected chi connectivity index (χ1v) is 12.1. The summed E-state index contributed by atoms with van der Waals surface area (Å²) in [4.78, 5) is 0.874. The van der Waals surface area contributed by atoms with Gasteiger partial charge in [-0.15, -0.1) is 11.3 Å². The molecule has 0 radical (unpaired) electrons. The lowest BCUT2D eigenvalue weighted by molar-refractivity contribution is -0.0496. The van der Waals surface area contributed by atoms with Crippen LogP contribution in [-0.4, -0.2) is 15.0 Å². The third kappa shape index (κ3) is 4.36. The first-order chi connectivity index (χ1) is 14.1.